The number of carbonyl (C=O) groups is 1. The lowest BCUT2D eigenvalue weighted by Crippen LogP contribution is -2.35. The van der Waals surface area contributed by atoms with Gasteiger partial charge >= 0.3 is 0 Å². The highest BCUT2D eigenvalue weighted by molar-refractivity contribution is 5.91. The van der Waals surface area contributed by atoms with Crippen LogP contribution in [-0.4, -0.2) is 66.4 Å². The fourth-order valence-corrected chi connectivity index (χ4v) is 4.97. The van der Waals surface area contributed by atoms with Gasteiger partial charge in [-0.1, -0.05) is 12.5 Å². The zero-order valence-electron chi connectivity index (χ0n) is 21.2. The van der Waals surface area contributed by atoms with Gasteiger partial charge in [0.15, 0.2) is 11.5 Å². The number of aromatic nitrogens is 6. The highest BCUT2D eigenvalue weighted by Gasteiger charge is 2.36. The number of methoxy groups -OCH3 is 1. The normalized spacial score (nSPS) is 17.2. The van der Waals surface area contributed by atoms with Crippen LogP contribution in [0.15, 0.2) is 25.0 Å². The van der Waals surface area contributed by atoms with E-state index in [0.717, 1.165) is 6.07 Å². The van der Waals surface area contributed by atoms with Crippen molar-refractivity contribution in [3.63, 3.8) is 0 Å². The largest absolute Gasteiger partial charge is 0.385 e. The second-order valence-electron chi connectivity index (χ2n) is 9.15. The molecule has 2 N–H and O–H groups in total. The van der Waals surface area contributed by atoms with Crippen molar-refractivity contribution in [1.82, 2.24) is 34.2 Å². The Bertz CT molecular complexity index is 1650. The lowest BCUT2D eigenvalue weighted by Gasteiger charge is -2.22. The molecule has 1 fully saturated rings. The molecule has 3 aromatic heterocycles. The molecule has 4 aromatic rings. The summed E-state index contributed by atoms with van der Waals surface area (Å²) in [6, 6.07) is 0.832. The molecular weight excluding hydrogens is 494 g/mol. The van der Waals surface area contributed by atoms with Crippen molar-refractivity contribution in [2.45, 2.75) is 31.8 Å². The number of likely N-dealkylation sites (tertiary alicyclic amines) is 1. The minimum absolute atomic E-state index is 0.0873. The number of nitrogen functional groups attached to an aromatic ring is 1. The smallest absolute Gasteiger partial charge is 0.246 e. The van der Waals surface area contributed by atoms with Crippen molar-refractivity contribution in [3.05, 3.63) is 53.8 Å². The third-order valence-corrected chi connectivity index (χ3v) is 6.95. The van der Waals surface area contributed by atoms with E-state index in [9.17, 15) is 9.18 Å². The third-order valence-electron chi connectivity index (χ3n) is 6.95. The molecular formula is C26H26F2N8O2. The van der Waals surface area contributed by atoms with Gasteiger partial charge in [-0.3, -0.25) is 4.79 Å². The van der Waals surface area contributed by atoms with Crippen LogP contribution >= 0.6 is 0 Å². The molecule has 0 aliphatic carbocycles. The number of hydrogen-bond acceptors (Lipinski definition) is 7. The monoisotopic (exact) mass is 520 g/mol. The predicted octanol–water partition coefficient (Wildman–Crippen LogP) is 2.65. The van der Waals surface area contributed by atoms with Gasteiger partial charge in [-0.15, -0.1) is 0 Å². The van der Waals surface area contributed by atoms with E-state index in [0.29, 0.717) is 42.9 Å². The summed E-state index contributed by atoms with van der Waals surface area (Å²) in [5.41, 5.74) is 6.73. The van der Waals surface area contributed by atoms with E-state index in [1.165, 1.54) is 12.4 Å². The molecule has 196 valence electrons. The first-order chi connectivity index (χ1) is 18.2. The molecule has 0 spiro atoms. The third kappa shape index (κ3) is 4.14. The van der Waals surface area contributed by atoms with Crippen molar-refractivity contribution < 1.29 is 18.3 Å². The van der Waals surface area contributed by atoms with Crippen LogP contribution in [0.4, 0.5) is 14.6 Å². The Balaban J connectivity index is 1.59. The lowest BCUT2D eigenvalue weighted by atomic mass is 10.1. The van der Waals surface area contributed by atoms with E-state index in [1.54, 1.807) is 35.2 Å². The number of rotatable bonds is 5. The highest BCUT2D eigenvalue weighted by atomic mass is 19.1. The molecule has 1 saturated heterocycles. The Morgan fingerprint density at radius 2 is 2.13 bits per heavy atom. The molecule has 1 aliphatic heterocycles. The highest BCUT2D eigenvalue weighted by Crippen LogP contribution is 2.33. The molecule has 0 bridgehead atoms. The van der Waals surface area contributed by atoms with Gasteiger partial charge in [0.25, 0.3) is 0 Å². The van der Waals surface area contributed by atoms with Gasteiger partial charge in [-0.25, -0.2) is 28.4 Å². The number of benzene rings is 1. The summed E-state index contributed by atoms with van der Waals surface area (Å²) in [6.07, 6.45) is 3.83. The second-order valence-corrected chi connectivity index (χ2v) is 9.15. The molecule has 1 aliphatic rings. The topological polar surface area (TPSA) is 117 Å². The maximum absolute atomic E-state index is 15.3. The van der Waals surface area contributed by atoms with E-state index < -0.39 is 17.2 Å². The van der Waals surface area contributed by atoms with Crippen LogP contribution in [-0.2, 0) is 16.6 Å². The van der Waals surface area contributed by atoms with Gasteiger partial charge in [0.1, 0.15) is 35.0 Å². The molecule has 1 amide bonds. The van der Waals surface area contributed by atoms with Gasteiger partial charge in [-0.2, -0.15) is 5.10 Å². The maximum Gasteiger partial charge on any atom is 0.246 e. The number of imidazole rings is 1. The first-order valence-corrected chi connectivity index (χ1v) is 12.0. The molecule has 5 rings (SSSR count). The van der Waals surface area contributed by atoms with Crippen molar-refractivity contribution >= 4 is 33.8 Å². The van der Waals surface area contributed by atoms with E-state index >= 15 is 4.39 Å². The van der Waals surface area contributed by atoms with E-state index in [2.05, 4.69) is 38.5 Å². The Kier molecular flexibility index (Phi) is 6.54. The summed E-state index contributed by atoms with van der Waals surface area (Å²) >= 11 is 0. The number of carbonyl (C=O) groups excluding carboxylic acids is 1. The SMILES string of the molecule is C=CC(=O)N1C[C@@H](n2nc(C#Cc3c(F)cc4nc(C)n(C)c4c3F)c3c(N)ncnc32)C[C@@H]1CCOC. The van der Waals surface area contributed by atoms with E-state index in [4.69, 9.17) is 10.5 Å². The fraction of sp³-hybridized carbons (Fsp3) is 0.346. The lowest BCUT2D eigenvalue weighted by molar-refractivity contribution is -0.127. The minimum atomic E-state index is -0.830. The number of hydrogen-bond donors (Lipinski definition) is 1. The summed E-state index contributed by atoms with van der Waals surface area (Å²) in [6.45, 7) is 6.17. The maximum atomic E-state index is 15.3. The number of aryl methyl sites for hydroxylation is 2. The Labute approximate surface area is 217 Å². The van der Waals surface area contributed by atoms with Gasteiger partial charge in [0.05, 0.1) is 22.5 Å². The number of anilines is 1. The number of amides is 1. The molecule has 12 heteroatoms. The average molecular weight is 521 g/mol. The molecule has 0 radical (unpaired) electrons. The van der Waals surface area contributed by atoms with Crippen LogP contribution in [0.5, 0.6) is 0 Å². The van der Waals surface area contributed by atoms with Crippen LogP contribution in [0.3, 0.4) is 0 Å². The Morgan fingerprint density at radius 1 is 1.34 bits per heavy atom. The molecule has 0 unspecified atom stereocenters. The first kappa shape index (κ1) is 25.3. The molecule has 2 atom stereocenters. The summed E-state index contributed by atoms with van der Waals surface area (Å²) in [5.74, 6) is 4.24. The standard InChI is InChI=1S/C26H26F2N8O2/c1-5-21(37)35-12-16(10-15(35)8-9-38-4)36-26-22(25(29)30-13-31-26)19(33-36)7-6-17-18(27)11-20-24(23(17)28)34(3)14(2)32-20/h5,11,13,15-16H,1,8-10,12H2,2-4H3,(H2,29,30,31)/t15-,16-/m0/s1. The van der Waals surface area contributed by atoms with E-state index in [1.807, 2.05) is 0 Å². The number of halogens is 2. The zero-order chi connectivity index (χ0) is 27.1. The van der Waals surface area contributed by atoms with Crippen molar-refractivity contribution in [3.8, 4) is 11.8 Å². The molecule has 10 nitrogen and oxygen atoms in total. The Morgan fingerprint density at radius 3 is 2.87 bits per heavy atom. The van der Waals surface area contributed by atoms with Crippen LogP contribution in [0.25, 0.3) is 22.1 Å². The summed E-state index contributed by atoms with van der Waals surface area (Å²) in [4.78, 5) is 26.9. The molecule has 1 aromatic carbocycles. The van der Waals surface area contributed by atoms with Gasteiger partial charge in [0.2, 0.25) is 5.91 Å². The van der Waals surface area contributed by atoms with Crippen molar-refractivity contribution in [2.24, 2.45) is 7.05 Å². The average Bonchev–Trinajstić information content (AvgIpc) is 3.56. The molecule has 38 heavy (non-hydrogen) atoms. The van der Waals surface area contributed by atoms with Crippen LogP contribution in [0.1, 0.15) is 36.0 Å². The summed E-state index contributed by atoms with van der Waals surface area (Å²) in [5, 5.41) is 5.00. The Hall–Kier alpha value is -4.37. The summed E-state index contributed by atoms with van der Waals surface area (Å²) < 4.78 is 38.6. The van der Waals surface area contributed by atoms with Gasteiger partial charge in [0, 0.05) is 39.4 Å². The van der Waals surface area contributed by atoms with Gasteiger partial charge < -0.3 is 19.9 Å². The minimum Gasteiger partial charge on any atom is -0.385 e. The van der Waals surface area contributed by atoms with Crippen LogP contribution in [0, 0.1) is 30.4 Å². The number of fused-ring (bicyclic) bond motifs is 2. The first-order valence-electron chi connectivity index (χ1n) is 12.0. The second kappa shape index (κ2) is 9.83. The van der Waals surface area contributed by atoms with Gasteiger partial charge in [-0.05, 0) is 31.8 Å². The summed E-state index contributed by atoms with van der Waals surface area (Å²) in [7, 11) is 3.26. The number of nitrogens with two attached hydrogens (primary N) is 1. The fourth-order valence-electron chi connectivity index (χ4n) is 4.97. The zero-order valence-corrected chi connectivity index (χ0v) is 21.2. The number of nitrogens with zero attached hydrogens (tertiary/aromatic N) is 7. The van der Waals surface area contributed by atoms with E-state index in [-0.39, 0.29) is 40.5 Å². The molecule has 4 heterocycles. The van der Waals surface area contributed by atoms with Crippen LogP contribution in [0.2, 0.25) is 0 Å². The van der Waals surface area contributed by atoms with Crippen molar-refractivity contribution in [1.29, 1.82) is 0 Å². The molecule has 0 saturated carbocycles. The van der Waals surface area contributed by atoms with Crippen molar-refractivity contribution in [2.75, 3.05) is 26.0 Å². The van der Waals surface area contributed by atoms with Crippen LogP contribution < -0.4 is 5.73 Å². The number of ether oxygens (including phenoxy) is 1. The predicted molar refractivity (Wildman–Crippen MR) is 137 cm³/mol. The quantitative estimate of drug-likeness (QED) is 0.318.